The minimum Gasteiger partial charge on any atom is -0.457 e. The number of nitrogens with zero attached hydrogens (tertiary/aromatic N) is 6. The number of rotatable bonds is 9. The first-order chi connectivity index (χ1) is 22.7. The van der Waals surface area contributed by atoms with E-state index >= 15 is 0 Å². The van der Waals surface area contributed by atoms with Crippen LogP contribution in [-0.4, -0.2) is 89.3 Å². The first-order valence-electron chi connectivity index (χ1n) is 14.5. The van der Waals surface area contributed by atoms with Gasteiger partial charge in [0.1, 0.15) is 23.3 Å². The molecule has 2 aromatic carbocycles. The van der Waals surface area contributed by atoms with Crippen LogP contribution >= 0.6 is 0 Å². The molecule has 0 unspecified atom stereocenters. The van der Waals surface area contributed by atoms with Gasteiger partial charge in [0.05, 0.1) is 41.4 Å². The molecule has 1 saturated heterocycles. The number of oxazole rings is 1. The highest BCUT2D eigenvalue weighted by atomic mass is 19.4. The number of hydrogen-bond donors (Lipinski definition) is 1. The topological polar surface area (TPSA) is 117 Å². The summed E-state index contributed by atoms with van der Waals surface area (Å²) >= 11 is 0. The van der Waals surface area contributed by atoms with E-state index in [2.05, 4.69) is 20.5 Å². The Morgan fingerprint density at radius 1 is 1.04 bits per heavy atom. The highest BCUT2D eigenvalue weighted by Crippen LogP contribution is 2.48. The van der Waals surface area contributed by atoms with Crippen molar-refractivity contribution < 1.29 is 45.1 Å². The van der Waals surface area contributed by atoms with E-state index in [1.165, 1.54) is 41.8 Å². The Labute approximate surface area is 270 Å². The average molecular weight is 678 g/mol. The fourth-order valence-electron chi connectivity index (χ4n) is 5.24. The van der Waals surface area contributed by atoms with Crippen molar-refractivity contribution in [1.82, 2.24) is 25.0 Å². The van der Waals surface area contributed by atoms with Crippen LogP contribution in [0.25, 0.3) is 11.5 Å². The van der Waals surface area contributed by atoms with Crippen molar-refractivity contribution in [2.24, 2.45) is 0 Å². The van der Waals surface area contributed by atoms with E-state index in [-0.39, 0.29) is 49.1 Å². The molecule has 0 spiro atoms. The van der Waals surface area contributed by atoms with Crippen molar-refractivity contribution in [3.63, 3.8) is 0 Å². The summed E-state index contributed by atoms with van der Waals surface area (Å²) in [6.45, 7) is -0.481. The molecule has 0 saturated carbocycles. The van der Waals surface area contributed by atoms with Crippen LogP contribution in [-0.2, 0) is 22.2 Å². The number of likely N-dealkylation sites (N-methyl/N-ethyl adjacent to an activating group) is 2. The summed E-state index contributed by atoms with van der Waals surface area (Å²) in [5.74, 6) is -3.05. The first-order valence-corrected chi connectivity index (χ1v) is 14.5. The third-order valence-electron chi connectivity index (χ3n) is 7.56. The summed E-state index contributed by atoms with van der Waals surface area (Å²) in [5.41, 5.74) is -1.15. The molecular weight excluding hydrogens is 648 g/mol. The van der Waals surface area contributed by atoms with E-state index in [1.807, 2.05) is 0 Å². The summed E-state index contributed by atoms with van der Waals surface area (Å²) in [4.78, 5) is 32.8. The van der Waals surface area contributed by atoms with Gasteiger partial charge in [-0.05, 0) is 37.4 Å². The quantitative estimate of drug-likeness (QED) is 0.237. The van der Waals surface area contributed by atoms with Crippen LogP contribution in [0, 0.1) is 0 Å². The van der Waals surface area contributed by atoms with Crippen LogP contribution in [0.1, 0.15) is 11.3 Å². The molecule has 1 aliphatic rings. The smallest absolute Gasteiger partial charge is 0.457 e. The summed E-state index contributed by atoms with van der Waals surface area (Å²) in [7, 11) is 2.58. The number of aromatic nitrogens is 3. The van der Waals surface area contributed by atoms with Gasteiger partial charge in [-0.15, -0.1) is 0 Å². The summed E-state index contributed by atoms with van der Waals surface area (Å²) in [6.07, 6.45) is -6.42. The number of anilines is 2. The maximum atomic E-state index is 15.0. The molecule has 3 heterocycles. The van der Waals surface area contributed by atoms with Gasteiger partial charge in [-0.3, -0.25) is 14.5 Å². The summed E-state index contributed by atoms with van der Waals surface area (Å²) < 4.78 is 95.3. The molecule has 1 atom stereocenters. The number of piperazine rings is 1. The van der Waals surface area contributed by atoms with Crippen molar-refractivity contribution in [1.29, 1.82) is 0 Å². The monoisotopic (exact) mass is 677 g/mol. The third kappa shape index (κ3) is 8.02. The molecule has 5 rings (SSSR count). The molecule has 1 N–H and O–H groups in total. The van der Waals surface area contributed by atoms with Gasteiger partial charge in [-0.25, -0.2) is 4.98 Å². The number of carbonyl (C=O) groups is 2. The number of benzene rings is 2. The molecule has 17 heteroatoms. The molecule has 48 heavy (non-hydrogen) atoms. The fourth-order valence-corrected chi connectivity index (χ4v) is 5.24. The van der Waals surface area contributed by atoms with Crippen LogP contribution in [0.3, 0.4) is 0 Å². The van der Waals surface area contributed by atoms with E-state index in [1.54, 1.807) is 36.2 Å². The zero-order valence-electron chi connectivity index (χ0n) is 25.5. The molecule has 254 valence electrons. The van der Waals surface area contributed by atoms with E-state index in [4.69, 9.17) is 9.15 Å². The summed E-state index contributed by atoms with van der Waals surface area (Å²) in [5, 5.41) is 9.96. The maximum Gasteiger partial charge on any atom is 0.471 e. The minimum absolute atomic E-state index is 0.0112. The van der Waals surface area contributed by atoms with E-state index in [0.717, 1.165) is 13.1 Å². The van der Waals surface area contributed by atoms with Gasteiger partial charge in [-0.2, -0.15) is 36.5 Å². The molecule has 1 fully saturated rings. The second kappa shape index (κ2) is 13.9. The molecular formula is C31H29F6N7O4. The number of amides is 2. The number of nitrogens with one attached hydrogen (secondary N) is 1. The fraction of sp³-hybridized carbons (Fsp3) is 0.323. The third-order valence-corrected chi connectivity index (χ3v) is 7.56. The second-order valence-electron chi connectivity index (χ2n) is 11.0. The van der Waals surface area contributed by atoms with Crippen LogP contribution in [0.15, 0.2) is 71.6 Å². The van der Waals surface area contributed by atoms with Crippen LogP contribution < -0.4 is 15.0 Å². The van der Waals surface area contributed by atoms with Gasteiger partial charge in [0, 0.05) is 39.3 Å². The molecule has 2 aromatic heterocycles. The molecule has 2 amide bonds. The lowest BCUT2D eigenvalue weighted by atomic mass is 10.0. The molecule has 0 bridgehead atoms. The van der Waals surface area contributed by atoms with Crippen molar-refractivity contribution in [2.75, 3.05) is 50.5 Å². The lowest BCUT2D eigenvalue weighted by Crippen LogP contribution is -2.57. The first kappa shape index (κ1) is 34.2. The van der Waals surface area contributed by atoms with Crippen LogP contribution in [0.5, 0.6) is 11.5 Å². The largest absolute Gasteiger partial charge is 0.471 e. The average Bonchev–Trinajstić information content (AvgIpc) is 3.50. The number of halogens is 6. The normalized spacial score (nSPS) is 15.7. The Bertz CT molecular complexity index is 1730. The lowest BCUT2D eigenvalue weighted by molar-refractivity contribution is -0.184. The molecule has 0 aliphatic carbocycles. The number of carbonyl (C=O) groups excluding carboxylic acids is 2. The zero-order valence-corrected chi connectivity index (χ0v) is 25.5. The lowest BCUT2D eigenvalue weighted by Gasteiger charge is -2.43. The van der Waals surface area contributed by atoms with Gasteiger partial charge >= 0.3 is 18.3 Å². The van der Waals surface area contributed by atoms with Gasteiger partial charge in [0.2, 0.25) is 11.8 Å². The van der Waals surface area contributed by atoms with E-state index in [0.29, 0.717) is 10.5 Å². The van der Waals surface area contributed by atoms with Gasteiger partial charge < -0.3 is 24.3 Å². The number of para-hydroxylation sites is 1. The van der Waals surface area contributed by atoms with Gasteiger partial charge in [0.15, 0.2) is 0 Å². The van der Waals surface area contributed by atoms with Crippen molar-refractivity contribution in [3.05, 3.63) is 78.4 Å². The minimum atomic E-state index is -5.12. The van der Waals surface area contributed by atoms with E-state index < -0.39 is 53.8 Å². The summed E-state index contributed by atoms with van der Waals surface area (Å²) in [6, 6.07) is 10.9. The standard InChI is InChI=1S/C31H29F6N7O4/c1-42-12-13-44(17-21(42)16-43(2)29(46)31(35,36)37)27-23(8-9-24(26(27)30(32,33)34)48-22-6-4-3-5-7-22)41-25(45)14-20-18-47-28(40-20)19-10-11-38-39-15-19/h3-11,15,18,21H,12-14,16-17H2,1-2H3,(H,41,45)/t21-/m0/s1. The predicted octanol–water partition coefficient (Wildman–Crippen LogP) is 5.27. The van der Waals surface area contributed by atoms with Gasteiger partial charge in [-0.1, -0.05) is 18.2 Å². The SMILES string of the molecule is CN(C[C@H]1CN(c2c(NC(=O)Cc3coc(-c4ccnnc4)n3)ccc(Oc3ccccc3)c2C(F)(F)F)CCN1C)C(=O)C(F)(F)F. The molecule has 11 nitrogen and oxygen atoms in total. The molecule has 4 aromatic rings. The van der Waals surface area contributed by atoms with E-state index in [9.17, 15) is 35.9 Å². The van der Waals surface area contributed by atoms with Crippen LogP contribution in [0.2, 0.25) is 0 Å². The van der Waals surface area contributed by atoms with Crippen molar-refractivity contribution in [2.45, 2.75) is 24.8 Å². The zero-order chi connectivity index (χ0) is 34.6. The molecule has 0 radical (unpaired) electrons. The Balaban J connectivity index is 1.49. The second-order valence-corrected chi connectivity index (χ2v) is 11.0. The highest BCUT2D eigenvalue weighted by Gasteiger charge is 2.44. The predicted molar refractivity (Wildman–Crippen MR) is 160 cm³/mol. The Morgan fingerprint density at radius 2 is 1.79 bits per heavy atom. The maximum absolute atomic E-state index is 15.0. The Kier molecular flexibility index (Phi) is 9.88. The highest BCUT2D eigenvalue weighted by molar-refractivity contribution is 5.96. The Morgan fingerprint density at radius 3 is 2.46 bits per heavy atom. The van der Waals surface area contributed by atoms with Crippen molar-refractivity contribution >= 4 is 23.2 Å². The van der Waals surface area contributed by atoms with Gasteiger partial charge in [0.25, 0.3) is 0 Å². The molecule has 1 aliphatic heterocycles. The number of alkyl halides is 6. The Hall–Kier alpha value is -5.19. The number of ether oxygens (including phenoxy) is 1. The van der Waals surface area contributed by atoms with Crippen molar-refractivity contribution in [3.8, 4) is 23.0 Å². The number of hydrogen-bond acceptors (Lipinski definition) is 9. The van der Waals surface area contributed by atoms with Crippen LogP contribution in [0.4, 0.5) is 37.7 Å².